The zero-order valence-corrected chi connectivity index (χ0v) is 34.3. The molecule has 0 heterocycles. The molecule has 1 N–H and O–H groups in total. The number of carboxylic acids is 1. The minimum atomic E-state index is -0.883. The Morgan fingerprint density at radius 2 is 1.06 bits per heavy atom. The summed E-state index contributed by atoms with van der Waals surface area (Å²) in [6.07, 6.45) is 39.1. The van der Waals surface area contributed by atoms with Gasteiger partial charge in [-0.3, -0.25) is 9.59 Å². The summed E-state index contributed by atoms with van der Waals surface area (Å²) >= 11 is 0. The average Bonchev–Trinajstić information content (AvgIpc) is 3.09. The number of carboxylic acid groups (broad SMARTS) is 1. The van der Waals surface area contributed by atoms with E-state index in [1.165, 1.54) is 103 Å². The molecule has 0 aromatic heterocycles. The summed E-state index contributed by atoms with van der Waals surface area (Å²) in [7, 11) is 5.50. The standard InChI is InChI=1S/C44H79NO7/c1-6-8-10-12-14-16-18-20-21-23-25-27-29-31-33-35-43(47)52-40(38-50-37-36-41(44(48)49)45(3,4)5)39-51-42(46)34-32-30-28-26-24-22-19-17-15-13-11-9-7-2/h16,18,22,24,28,30,40-41H,6-15,17,19-21,23,25-27,29,31-39H2,1-5H3/p+1/b18-16+,24-22+,30-28+. The second-order valence-electron chi connectivity index (χ2n) is 15.2. The maximum atomic E-state index is 12.7. The minimum Gasteiger partial charge on any atom is -0.477 e. The predicted octanol–water partition coefficient (Wildman–Crippen LogP) is 11.1. The molecule has 8 heteroatoms. The molecule has 0 aliphatic rings. The van der Waals surface area contributed by atoms with Crippen LogP contribution in [0.15, 0.2) is 36.5 Å². The summed E-state index contributed by atoms with van der Waals surface area (Å²) in [5.74, 6) is -1.56. The van der Waals surface area contributed by atoms with Crippen molar-refractivity contribution in [3.8, 4) is 0 Å². The summed E-state index contributed by atoms with van der Waals surface area (Å²) in [6.45, 7) is 4.64. The first-order chi connectivity index (χ1) is 25.1. The largest absolute Gasteiger partial charge is 0.477 e. The van der Waals surface area contributed by atoms with E-state index in [1.54, 1.807) is 0 Å². The van der Waals surface area contributed by atoms with Crippen LogP contribution in [-0.4, -0.2) is 80.6 Å². The molecule has 0 rings (SSSR count). The van der Waals surface area contributed by atoms with Gasteiger partial charge in [-0.1, -0.05) is 134 Å². The SMILES string of the molecule is CCCCCC/C=C/CCCCCCCCCC(=O)OC(COCCC(C(=O)O)[N+](C)(C)C)COC(=O)CC/C=C/C/C=C/CCCCCCCC. The molecule has 0 aromatic rings. The van der Waals surface area contributed by atoms with E-state index < -0.39 is 18.1 Å². The number of carbonyl (C=O) groups excluding carboxylic acids is 2. The van der Waals surface area contributed by atoms with Crippen molar-refractivity contribution in [2.45, 2.75) is 187 Å². The van der Waals surface area contributed by atoms with E-state index in [2.05, 4.69) is 44.2 Å². The van der Waals surface area contributed by atoms with Crippen LogP contribution in [-0.2, 0) is 28.6 Å². The smallest absolute Gasteiger partial charge is 0.362 e. The van der Waals surface area contributed by atoms with Gasteiger partial charge in [0.2, 0.25) is 0 Å². The molecule has 0 saturated heterocycles. The number of rotatable bonds is 37. The first-order valence-electron chi connectivity index (χ1n) is 21.0. The summed E-state index contributed by atoms with van der Waals surface area (Å²) in [5, 5.41) is 9.60. The normalized spacial score (nSPS) is 13.3. The van der Waals surface area contributed by atoms with Gasteiger partial charge in [0.05, 0.1) is 34.4 Å². The van der Waals surface area contributed by atoms with E-state index in [1.807, 2.05) is 27.2 Å². The Labute approximate surface area is 319 Å². The van der Waals surface area contributed by atoms with Crippen LogP contribution in [0, 0.1) is 0 Å². The second-order valence-corrected chi connectivity index (χ2v) is 15.2. The lowest BCUT2D eigenvalue weighted by atomic mass is 10.1. The van der Waals surface area contributed by atoms with E-state index in [-0.39, 0.29) is 42.7 Å². The highest BCUT2D eigenvalue weighted by Crippen LogP contribution is 2.13. The minimum absolute atomic E-state index is 0.0432. The summed E-state index contributed by atoms with van der Waals surface area (Å²) in [6, 6.07) is -0.621. The van der Waals surface area contributed by atoms with Gasteiger partial charge in [0.25, 0.3) is 0 Å². The molecule has 0 radical (unpaired) electrons. The van der Waals surface area contributed by atoms with Gasteiger partial charge >= 0.3 is 17.9 Å². The van der Waals surface area contributed by atoms with Crippen LogP contribution in [0.2, 0.25) is 0 Å². The molecule has 302 valence electrons. The van der Waals surface area contributed by atoms with Crippen molar-refractivity contribution in [1.29, 1.82) is 0 Å². The molecule has 2 atom stereocenters. The highest BCUT2D eigenvalue weighted by molar-refractivity contribution is 5.72. The van der Waals surface area contributed by atoms with Crippen LogP contribution in [0.25, 0.3) is 0 Å². The molecule has 0 aliphatic carbocycles. The third-order valence-electron chi connectivity index (χ3n) is 9.28. The number of allylic oxidation sites excluding steroid dienone is 6. The number of hydrogen-bond donors (Lipinski definition) is 1. The molecule has 0 fully saturated rings. The number of nitrogens with zero attached hydrogens (tertiary/aromatic N) is 1. The van der Waals surface area contributed by atoms with Gasteiger partial charge in [0.1, 0.15) is 6.61 Å². The summed E-state index contributed by atoms with van der Waals surface area (Å²) < 4.78 is 17.2. The lowest BCUT2D eigenvalue weighted by Crippen LogP contribution is -2.50. The number of likely N-dealkylation sites (N-methyl/N-ethyl adjacent to an activating group) is 1. The van der Waals surface area contributed by atoms with E-state index >= 15 is 0 Å². The van der Waals surface area contributed by atoms with Crippen molar-refractivity contribution in [2.75, 3.05) is 41.0 Å². The Hall–Kier alpha value is -2.45. The predicted molar refractivity (Wildman–Crippen MR) is 215 cm³/mol. The van der Waals surface area contributed by atoms with E-state index in [4.69, 9.17) is 14.2 Å². The monoisotopic (exact) mass is 735 g/mol. The maximum absolute atomic E-state index is 12.7. The van der Waals surface area contributed by atoms with Crippen molar-refractivity contribution in [3.63, 3.8) is 0 Å². The first kappa shape index (κ1) is 49.6. The Bertz CT molecular complexity index is 953. The van der Waals surface area contributed by atoms with E-state index in [0.717, 1.165) is 32.1 Å². The molecule has 0 aromatic carbocycles. The van der Waals surface area contributed by atoms with Gasteiger partial charge in [-0.2, -0.15) is 0 Å². The van der Waals surface area contributed by atoms with Crippen LogP contribution in [0.1, 0.15) is 174 Å². The Morgan fingerprint density at radius 3 is 1.60 bits per heavy atom. The van der Waals surface area contributed by atoms with Gasteiger partial charge in [0, 0.05) is 19.3 Å². The topological polar surface area (TPSA) is 99.1 Å². The lowest BCUT2D eigenvalue weighted by molar-refractivity contribution is -0.887. The lowest BCUT2D eigenvalue weighted by Gasteiger charge is -2.31. The van der Waals surface area contributed by atoms with Crippen molar-refractivity contribution in [1.82, 2.24) is 0 Å². The molecular formula is C44H80NO7+. The van der Waals surface area contributed by atoms with Crippen molar-refractivity contribution in [2.24, 2.45) is 0 Å². The van der Waals surface area contributed by atoms with Crippen molar-refractivity contribution >= 4 is 17.9 Å². The van der Waals surface area contributed by atoms with E-state index in [9.17, 15) is 19.5 Å². The average molecular weight is 735 g/mol. The molecular weight excluding hydrogens is 654 g/mol. The third-order valence-corrected chi connectivity index (χ3v) is 9.28. The number of ether oxygens (including phenoxy) is 3. The fourth-order valence-electron chi connectivity index (χ4n) is 5.96. The zero-order valence-electron chi connectivity index (χ0n) is 34.3. The van der Waals surface area contributed by atoms with Crippen LogP contribution in [0.4, 0.5) is 0 Å². The molecule has 0 aliphatic heterocycles. The van der Waals surface area contributed by atoms with Crippen LogP contribution in [0.3, 0.4) is 0 Å². The molecule has 52 heavy (non-hydrogen) atoms. The number of quaternary nitrogens is 1. The fourth-order valence-corrected chi connectivity index (χ4v) is 5.96. The van der Waals surface area contributed by atoms with Crippen LogP contribution in [0.5, 0.6) is 0 Å². The first-order valence-corrected chi connectivity index (χ1v) is 21.0. The quantitative estimate of drug-likeness (QED) is 0.0293. The van der Waals surface area contributed by atoms with Gasteiger partial charge in [-0.25, -0.2) is 4.79 Å². The number of unbranched alkanes of at least 4 members (excludes halogenated alkanes) is 17. The number of aliphatic carboxylic acids is 1. The van der Waals surface area contributed by atoms with Crippen molar-refractivity contribution in [3.05, 3.63) is 36.5 Å². The highest BCUT2D eigenvalue weighted by Gasteiger charge is 2.31. The fraction of sp³-hybridized carbons (Fsp3) is 0.795. The number of hydrogen-bond acceptors (Lipinski definition) is 6. The number of esters is 2. The van der Waals surface area contributed by atoms with Gasteiger partial charge in [-0.15, -0.1) is 0 Å². The van der Waals surface area contributed by atoms with Crippen molar-refractivity contribution < 1.29 is 38.2 Å². The second kappa shape index (κ2) is 35.6. The van der Waals surface area contributed by atoms with Crippen LogP contribution < -0.4 is 0 Å². The third kappa shape index (κ3) is 33.4. The molecule has 0 amide bonds. The summed E-state index contributed by atoms with van der Waals surface area (Å²) in [4.78, 5) is 36.8. The molecule has 2 unspecified atom stereocenters. The van der Waals surface area contributed by atoms with Crippen LogP contribution >= 0.6 is 0 Å². The number of carbonyl (C=O) groups is 3. The van der Waals surface area contributed by atoms with Gasteiger partial charge < -0.3 is 23.8 Å². The molecule has 0 bridgehead atoms. The Balaban J connectivity index is 4.45. The molecule has 0 spiro atoms. The molecule has 8 nitrogen and oxygen atoms in total. The van der Waals surface area contributed by atoms with Gasteiger partial charge in [-0.05, 0) is 57.8 Å². The van der Waals surface area contributed by atoms with E-state index in [0.29, 0.717) is 19.3 Å². The maximum Gasteiger partial charge on any atom is 0.362 e. The highest BCUT2D eigenvalue weighted by atomic mass is 16.6. The van der Waals surface area contributed by atoms with Gasteiger partial charge in [0.15, 0.2) is 12.1 Å². The Morgan fingerprint density at radius 1 is 0.577 bits per heavy atom. The Kier molecular flexibility index (Phi) is 33.9. The molecule has 0 saturated carbocycles. The summed E-state index contributed by atoms with van der Waals surface area (Å²) in [5.41, 5.74) is 0. The zero-order chi connectivity index (χ0) is 38.5.